The van der Waals surface area contributed by atoms with E-state index in [0.29, 0.717) is 19.0 Å². The molecule has 1 unspecified atom stereocenters. The van der Waals surface area contributed by atoms with E-state index < -0.39 is 5.79 Å². The van der Waals surface area contributed by atoms with Crippen molar-refractivity contribution in [2.24, 2.45) is 21.5 Å². The molecule has 3 aromatic rings. The number of benzene rings is 3. The van der Waals surface area contributed by atoms with E-state index >= 15 is 0 Å². The Morgan fingerprint density at radius 1 is 1.03 bits per heavy atom. The Bertz CT molecular complexity index is 1070. The third-order valence-electron chi connectivity index (χ3n) is 5.31. The molecule has 0 aliphatic carbocycles. The van der Waals surface area contributed by atoms with Crippen LogP contribution in [0.1, 0.15) is 18.4 Å². The number of rotatable bonds is 6. The van der Waals surface area contributed by atoms with Gasteiger partial charge in [0.1, 0.15) is 0 Å². The number of nitrogens with zero attached hydrogens (tertiary/aromatic N) is 2. The monoisotopic (exact) mass is 401 g/mol. The van der Waals surface area contributed by atoms with E-state index in [-0.39, 0.29) is 11.9 Å². The number of guanidine groups is 2. The first-order valence-electron chi connectivity index (χ1n) is 10.1. The molecule has 3 aromatic carbocycles. The fourth-order valence-electron chi connectivity index (χ4n) is 3.67. The van der Waals surface area contributed by atoms with Gasteiger partial charge in [-0.3, -0.25) is 16.0 Å². The smallest absolute Gasteiger partial charge is 0.201 e. The fraction of sp³-hybridized carbons (Fsp3) is 0.217. The number of hydrogen-bond donors (Lipinski definition) is 5. The molecule has 0 saturated carbocycles. The minimum Gasteiger partial charge on any atom is -0.383 e. The van der Waals surface area contributed by atoms with Crippen LogP contribution in [0.25, 0.3) is 10.8 Å². The van der Waals surface area contributed by atoms with E-state index in [2.05, 4.69) is 50.2 Å². The van der Waals surface area contributed by atoms with Crippen LogP contribution in [0.4, 0.5) is 5.69 Å². The highest BCUT2D eigenvalue weighted by Gasteiger charge is 2.37. The van der Waals surface area contributed by atoms with Crippen LogP contribution in [0, 0.1) is 0 Å². The molecular formula is C23H27N7. The van der Waals surface area contributed by atoms with E-state index in [0.717, 1.165) is 22.0 Å². The second kappa shape index (κ2) is 8.42. The zero-order valence-electron chi connectivity index (χ0n) is 17.0. The van der Waals surface area contributed by atoms with Crippen LogP contribution in [-0.4, -0.2) is 30.8 Å². The van der Waals surface area contributed by atoms with E-state index in [1.807, 2.05) is 55.5 Å². The molecule has 1 heterocycles. The summed E-state index contributed by atoms with van der Waals surface area (Å²) in [5.41, 5.74) is 14.9. The van der Waals surface area contributed by atoms with Crippen molar-refractivity contribution in [2.45, 2.75) is 18.6 Å². The number of fused-ring (bicyclic) bond motifs is 1. The van der Waals surface area contributed by atoms with Gasteiger partial charge >= 0.3 is 0 Å². The van der Waals surface area contributed by atoms with Gasteiger partial charge in [0.25, 0.3) is 0 Å². The molecule has 4 rings (SSSR count). The van der Waals surface area contributed by atoms with Gasteiger partial charge in [0.15, 0.2) is 11.7 Å². The maximum atomic E-state index is 6.69. The third kappa shape index (κ3) is 4.21. The van der Waals surface area contributed by atoms with E-state index in [1.165, 1.54) is 0 Å². The predicted octanol–water partition coefficient (Wildman–Crippen LogP) is 2.53. The summed E-state index contributed by atoms with van der Waals surface area (Å²) < 4.78 is 0. The van der Waals surface area contributed by atoms with Crippen LogP contribution in [0.3, 0.4) is 0 Å². The van der Waals surface area contributed by atoms with E-state index in [1.54, 1.807) is 0 Å². The van der Waals surface area contributed by atoms with Gasteiger partial charge in [0.05, 0.1) is 6.54 Å². The molecular weight excluding hydrogens is 374 g/mol. The van der Waals surface area contributed by atoms with Gasteiger partial charge in [-0.25, -0.2) is 4.99 Å². The molecule has 0 radical (unpaired) electrons. The first-order chi connectivity index (χ1) is 14.5. The van der Waals surface area contributed by atoms with Crippen molar-refractivity contribution in [3.05, 3.63) is 78.4 Å². The van der Waals surface area contributed by atoms with Gasteiger partial charge < -0.3 is 16.4 Å². The lowest BCUT2D eigenvalue weighted by atomic mass is 9.89. The van der Waals surface area contributed by atoms with Gasteiger partial charge in [-0.1, -0.05) is 67.6 Å². The molecule has 0 aromatic heterocycles. The van der Waals surface area contributed by atoms with E-state index in [4.69, 9.17) is 11.5 Å². The van der Waals surface area contributed by atoms with Gasteiger partial charge in [-0.2, -0.15) is 0 Å². The second-order valence-corrected chi connectivity index (χ2v) is 7.39. The minimum absolute atomic E-state index is 0.142. The quantitative estimate of drug-likeness (QED) is 0.408. The zero-order chi connectivity index (χ0) is 21.0. The first-order valence-corrected chi connectivity index (χ1v) is 10.1. The molecule has 0 saturated heterocycles. The predicted molar refractivity (Wildman–Crippen MR) is 124 cm³/mol. The number of nitrogens with two attached hydrogens (primary N) is 2. The zero-order valence-corrected chi connectivity index (χ0v) is 17.0. The topological polar surface area (TPSA) is 113 Å². The Labute approximate surface area is 176 Å². The van der Waals surface area contributed by atoms with Crippen LogP contribution >= 0.6 is 0 Å². The maximum Gasteiger partial charge on any atom is 0.201 e. The van der Waals surface area contributed by atoms with E-state index in [9.17, 15) is 0 Å². The van der Waals surface area contributed by atoms with Crippen molar-refractivity contribution >= 4 is 28.4 Å². The molecule has 0 spiro atoms. The lowest BCUT2D eigenvalue weighted by Gasteiger charge is -2.37. The third-order valence-corrected chi connectivity index (χ3v) is 5.31. The highest BCUT2D eigenvalue weighted by Crippen LogP contribution is 2.32. The lowest BCUT2D eigenvalue weighted by molar-refractivity contribution is 0.338. The van der Waals surface area contributed by atoms with Crippen molar-refractivity contribution in [2.75, 3.05) is 18.4 Å². The van der Waals surface area contributed by atoms with Gasteiger partial charge in [-0.05, 0) is 28.5 Å². The average molecular weight is 402 g/mol. The van der Waals surface area contributed by atoms with Crippen LogP contribution in [0.5, 0.6) is 0 Å². The Kier molecular flexibility index (Phi) is 5.54. The second-order valence-electron chi connectivity index (χ2n) is 7.39. The molecule has 154 valence electrons. The van der Waals surface area contributed by atoms with Crippen LogP contribution < -0.4 is 27.4 Å². The molecule has 0 amide bonds. The van der Waals surface area contributed by atoms with Crippen molar-refractivity contribution in [3.63, 3.8) is 0 Å². The molecule has 2 atom stereocenters. The number of aliphatic imine (C=N–C) groups is 2. The molecule has 7 N–H and O–H groups in total. The molecule has 0 bridgehead atoms. The summed E-state index contributed by atoms with van der Waals surface area (Å²) in [4.78, 5) is 9.05. The molecule has 1 aliphatic heterocycles. The Hall–Kier alpha value is -3.58. The van der Waals surface area contributed by atoms with Crippen LogP contribution in [-0.2, 0) is 0 Å². The normalized spacial score (nSPS) is 20.9. The number of hydrogen-bond acceptors (Lipinski definition) is 5. The number of nitrogens with one attached hydrogen (secondary N) is 3. The van der Waals surface area contributed by atoms with Crippen molar-refractivity contribution in [1.82, 2.24) is 10.6 Å². The molecule has 7 nitrogen and oxygen atoms in total. The van der Waals surface area contributed by atoms with Crippen LogP contribution in [0.15, 0.2) is 82.8 Å². The summed E-state index contributed by atoms with van der Waals surface area (Å²) in [5.74, 6) is -0.479. The summed E-state index contributed by atoms with van der Waals surface area (Å²) in [7, 11) is 0. The summed E-state index contributed by atoms with van der Waals surface area (Å²) in [6, 6.07) is 24.5. The average Bonchev–Trinajstić information content (AvgIpc) is 2.76. The largest absolute Gasteiger partial charge is 0.383 e. The van der Waals surface area contributed by atoms with Gasteiger partial charge in [-0.15, -0.1) is 0 Å². The Morgan fingerprint density at radius 3 is 2.60 bits per heavy atom. The number of anilines is 1. The summed E-state index contributed by atoms with van der Waals surface area (Å²) in [6.07, 6.45) is 0. The number of para-hydroxylation sites is 1. The van der Waals surface area contributed by atoms with Crippen molar-refractivity contribution in [1.29, 1.82) is 0 Å². The summed E-state index contributed by atoms with van der Waals surface area (Å²) >= 11 is 0. The van der Waals surface area contributed by atoms with Crippen molar-refractivity contribution < 1.29 is 0 Å². The Balaban J connectivity index is 1.50. The maximum absolute atomic E-state index is 6.69. The highest BCUT2D eigenvalue weighted by molar-refractivity contribution is 6.00. The lowest BCUT2D eigenvalue weighted by Crippen LogP contribution is -2.66. The molecule has 30 heavy (non-hydrogen) atoms. The summed E-state index contributed by atoms with van der Waals surface area (Å²) in [6.45, 7) is 3.28. The highest BCUT2D eigenvalue weighted by atomic mass is 15.4. The van der Waals surface area contributed by atoms with Crippen LogP contribution in [0.2, 0.25) is 0 Å². The molecule has 0 fully saturated rings. The SMILES string of the molecule is C[C@@H](c1cccc2ccccc12)C1(N)N=C(N)NC(=NCCNc2ccccc2)N1. The molecule has 7 heteroatoms. The van der Waals surface area contributed by atoms with Crippen molar-refractivity contribution in [3.8, 4) is 0 Å². The fourth-order valence-corrected chi connectivity index (χ4v) is 3.67. The Morgan fingerprint density at radius 2 is 1.77 bits per heavy atom. The standard InChI is InChI=1S/C23H27N7/c1-16(19-13-7-9-17-8-5-6-12-20(17)19)23(25)29-21(24)28-22(30-23)27-15-14-26-18-10-3-2-4-11-18/h2-13,16,26H,14-15,25H2,1H3,(H4,24,27,28,29,30)/t16-,23?/m0/s1. The molecule has 1 aliphatic rings. The first kappa shape index (κ1) is 19.7. The summed E-state index contributed by atoms with van der Waals surface area (Å²) in [5, 5.41) is 11.9. The van der Waals surface area contributed by atoms with Gasteiger partial charge in [0, 0.05) is 18.2 Å². The van der Waals surface area contributed by atoms with Gasteiger partial charge in [0.2, 0.25) is 5.96 Å². The minimum atomic E-state index is -1.11.